The molecular formula is C13H11FN2O3. The number of aromatic nitrogens is 1. The second-order valence-corrected chi connectivity index (χ2v) is 3.78. The van der Waals surface area contributed by atoms with Gasteiger partial charge in [-0.25, -0.2) is 9.18 Å². The van der Waals surface area contributed by atoms with Crippen LogP contribution in [0.1, 0.15) is 21.7 Å². The molecule has 0 atom stereocenters. The second-order valence-electron chi connectivity index (χ2n) is 3.78. The van der Waals surface area contributed by atoms with E-state index in [4.69, 9.17) is 9.26 Å². The molecule has 2 rings (SSSR count). The summed E-state index contributed by atoms with van der Waals surface area (Å²) in [6, 6.07) is 4.09. The summed E-state index contributed by atoms with van der Waals surface area (Å²) in [5.74, 6) is -0.957. The first-order valence-corrected chi connectivity index (χ1v) is 5.46. The van der Waals surface area contributed by atoms with Crippen LogP contribution in [-0.4, -0.2) is 17.8 Å². The predicted octanol–water partition coefficient (Wildman–Crippen LogP) is 2.81. The van der Waals surface area contributed by atoms with Crippen LogP contribution in [0.4, 0.5) is 10.1 Å². The van der Waals surface area contributed by atoms with Crippen molar-refractivity contribution in [2.24, 2.45) is 4.99 Å². The number of benzene rings is 1. The Morgan fingerprint density at radius 2 is 2.37 bits per heavy atom. The van der Waals surface area contributed by atoms with E-state index < -0.39 is 11.8 Å². The normalized spacial score (nSPS) is 10.2. The third-order valence-electron chi connectivity index (χ3n) is 2.58. The molecule has 0 radical (unpaired) electrons. The second kappa shape index (κ2) is 5.43. The van der Waals surface area contributed by atoms with Crippen LogP contribution in [0.5, 0.6) is 0 Å². The summed E-state index contributed by atoms with van der Waals surface area (Å²) < 4.78 is 23.5. The van der Waals surface area contributed by atoms with Crippen molar-refractivity contribution < 1.29 is 18.4 Å². The van der Waals surface area contributed by atoms with Crippen LogP contribution in [0.15, 0.2) is 33.9 Å². The summed E-state index contributed by atoms with van der Waals surface area (Å²) >= 11 is 0. The number of halogens is 1. The monoisotopic (exact) mass is 262 g/mol. The molecule has 6 heteroatoms. The van der Waals surface area contributed by atoms with E-state index in [9.17, 15) is 9.18 Å². The highest BCUT2D eigenvalue weighted by atomic mass is 19.1. The fraction of sp³-hybridized carbons (Fsp3) is 0.154. The number of rotatable bonds is 4. The van der Waals surface area contributed by atoms with Gasteiger partial charge in [-0.1, -0.05) is 11.2 Å². The molecule has 1 aromatic heterocycles. The highest BCUT2D eigenvalue weighted by Crippen LogP contribution is 2.23. The highest BCUT2D eigenvalue weighted by Gasteiger charge is 2.18. The van der Waals surface area contributed by atoms with E-state index in [1.807, 2.05) is 0 Å². The van der Waals surface area contributed by atoms with Crippen LogP contribution < -0.4 is 0 Å². The number of nitrogens with zero attached hydrogens (tertiary/aromatic N) is 2. The van der Waals surface area contributed by atoms with Gasteiger partial charge in [0.15, 0.2) is 0 Å². The molecule has 0 saturated carbocycles. The predicted molar refractivity (Wildman–Crippen MR) is 66.0 cm³/mol. The van der Waals surface area contributed by atoms with Gasteiger partial charge in [0.05, 0.1) is 17.4 Å². The van der Waals surface area contributed by atoms with E-state index in [1.54, 1.807) is 6.92 Å². The molecule has 0 bridgehead atoms. The molecule has 0 spiro atoms. The Labute approximate surface area is 108 Å². The van der Waals surface area contributed by atoms with Crippen LogP contribution in [0.2, 0.25) is 0 Å². The van der Waals surface area contributed by atoms with Gasteiger partial charge in [0.25, 0.3) is 0 Å². The Balaban J connectivity index is 2.17. The molecule has 19 heavy (non-hydrogen) atoms. The van der Waals surface area contributed by atoms with Crippen LogP contribution in [0, 0.1) is 12.7 Å². The number of aryl methyl sites for hydroxylation is 1. The van der Waals surface area contributed by atoms with Gasteiger partial charge in [0.2, 0.25) is 0 Å². The van der Waals surface area contributed by atoms with Crippen molar-refractivity contribution in [2.45, 2.75) is 13.5 Å². The molecule has 1 aromatic carbocycles. The van der Waals surface area contributed by atoms with Crippen LogP contribution in [-0.2, 0) is 11.3 Å². The number of hydrogen-bond donors (Lipinski definition) is 0. The van der Waals surface area contributed by atoms with Crippen molar-refractivity contribution in [1.29, 1.82) is 0 Å². The van der Waals surface area contributed by atoms with Gasteiger partial charge in [0, 0.05) is 0 Å². The van der Waals surface area contributed by atoms with E-state index in [0.717, 1.165) is 6.07 Å². The minimum atomic E-state index is -0.805. The first kappa shape index (κ1) is 12.9. The summed E-state index contributed by atoms with van der Waals surface area (Å²) in [5, 5.41) is 3.55. The number of aliphatic imine (C=N–C) groups is 1. The van der Waals surface area contributed by atoms with E-state index in [1.165, 1.54) is 18.3 Å². The molecule has 0 aliphatic carbocycles. The Morgan fingerprint density at radius 1 is 1.58 bits per heavy atom. The largest absolute Gasteiger partial charge is 0.457 e. The van der Waals surface area contributed by atoms with Crippen molar-refractivity contribution in [3.63, 3.8) is 0 Å². The molecule has 0 aliphatic rings. The lowest BCUT2D eigenvalue weighted by Crippen LogP contribution is -2.08. The first-order valence-electron chi connectivity index (χ1n) is 5.46. The molecular weight excluding hydrogens is 251 g/mol. The van der Waals surface area contributed by atoms with Gasteiger partial charge in [-0.15, -0.1) is 0 Å². The molecule has 98 valence electrons. The molecule has 0 N–H and O–H groups in total. The molecule has 0 amide bonds. The fourth-order valence-electron chi connectivity index (χ4n) is 1.52. The molecule has 1 heterocycles. The summed E-state index contributed by atoms with van der Waals surface area (Å²) in [6.07, 6.45) is 1.44. The first-order chi connectivity index (χ1) is 9.13. The van der Waals surface area contributed by atoms with Crippen LogP contribution in [0.25, 0.3) is 0 Å². The smallest absolute Gasteiger partial charge is 0.343 e. The third kappa shape index (κ3) is 2.67. The summed E-state index contributed by atoms with van der Waals surface area (Å²) in [4.78, 5) is 15.4. The van der Waals surface area contributed by atoms with Crippen molar-refractivity contribution in [1.82, 2.24) is 5.16 Å². The Bertz CT molecular complexity index is 622. The van der Waals surface area contributed by atoms with E-state index >= 15 is 0 Å². The number of esters is 1. The molecule has 5 nitrogen and oxygen atoms in total. The lowest BCUT2D eigenvalue weighted by molar-refractivity contribution is 0.0467. The van der Waals surface area contributed by atoms with E-state index in [0.29, 0.717) is 11.3 Å². The van der Waals surface area contributed by atoms with Crippen molar-refractivity contribution >= 4 is 18.4 Å². The minimum absolute atomic E-state index is 0.0426. The van der Waals surface area contributed by atoms with Crippen molar-refractivity contribution in [3.05, 3.63) is 47.1 Å². The van der Waals surface area contributed by atoms with Crippen molar-refractivity contribution in [2.75, 3.05) is 0 Å². The van der Waals surface area contributed by atoms with Gasteiger partial charge < -0.3 is 9.26 Å². The van der Waals surface area contributed by atoms with Gasteiger partial charge in [-0.2, -0.15) is 0 Å². The van der Waals surface area contributed by atoms with Gasteiger partial charge in [-0.05, 0) is 25.8 Å². The zero-order valence-electron chi connectivity index (χ0n) is 10.2. The quantitative estimate of drug-likeness (QED) is 0.627. The summed E-state index contributed by atoms with van der Waals surface area (Å²) in [6.45, 7) is 4.94. The lowest BCUT2D eigenvalue weighted by atomic mass is 10.1. The molecule has 0 unspecified atom stereocenters. The number of carbonyl (C=O) groups is 1. The summed E-state index contributed by atoms with van der Waals surface area (Å²) in [5.41, 5.74) is 0.538. The minimum Gasteiger partial charge on any atom is -0.457 e. The number of hydrogen-bond acceptors (Lipinski definition) is 5. The Hall–Kier alpha value is -2.50. The average molecular weight is 262 g/mol. The molecule has 0 saturated heterocycles. The van der Waals surface area contributed by atoms with E-state index in [2.05, 4.69) is 16.9 Å². The van der Waals surface area contributed by atoms with Crippen LogP contribution in [0.3, 0.4) is 0 Å². The average Bonchev–Trinajstić information content (AvgIpc) is 2.81. The highest BCUT2D eigenvalue weighted by molar-refractivity contribution is 5.95. The Morgan fingerprint density at radius 3 is 3.00 bits per heavy atom. The maximum atomic E-state index is 13.6. The molecule has 0 aliphatic heterocycles. The van der Waals surface area contributed by atoms with Gasteiger partial charge in [0.1, 0.15) is 23.7 Å². The van der Waals surface area contributed by atoms with Crippen molar-refractivity contribution in [3.8, 4) is 0 Å². The molecule has 0 fully saturated rings. The van der Waals surface area contributed by atoms with Crippen LogP contribution >= 0.6 is 0 Å². The zero-order chi connectivity index (χ0) is 13.8. The lowest BCUT2D eigenvalue weighted by Gasteiger charge is -2.07. The summed E-state index contributed by atoms with van der Waals surface area (Å²) in [7, 11) is 0. The SMILES string of the molecule is C=Nc1cccc(F)c1C(=O)OCc1cnoc1C. The maximum absolute atomic E-state index is 13.6. The third-order valence-corrected chi connectivity index (χ3v) is 2.58. The zero-order valence-corrected chi connectivity index (χ0v) is 10.2. The Kier molecular flexibility index (Phi) is 3.70. The van der Waals surface area contributed by atoms with E-state index in [-0.39, 0.29) is 17.9 Å². The number of carbonyl (C=O) groups excluding carboxylic acids is 1. The van der Waals surface area contributed by atoms with Gasteiger partial charge >= 0.3 is 5.97 Å². The molecule has 2 aromatic rings. The topological polar surface area (TPSA) is 64.7 Å². The number of ether oxygens (including phenoxy) is 1. The standard InChI is InChI=1S/C13H11FN2O3/c1-8-9(6-16-19-8)7-18-13(17)12-10(14)4-3-5-11(12)15-2/h3-6H,2,7H2,1H3. The fourth-order valence-corrected chi connectivity index (χ4v) is 1.52. The van der Waals surface area contributed by atoms with Gasteiger partial charge in [-0.3, -0.25) is 4.99 Å². The maximum Gasteiger partial charge on any atom is 0.343 e.